The Morgan fingerprint density at radius 1 is 0.737 bits per heavy atom. The van der Waals surface area contributed by atoms with Crippen LogP contribution in [0.4, 0.5) is 16.2 Å². The molecule has 206 valence electrons. The number of anilines is 2. The predicted octanol–water partition coefficient (Wildman–Crippen LogP) is 7.06. The molecule has 2 aromatic rings. The highest BCUT2D eigenvalue weighted by Gasteiger charge is 2.46. The van der Waals surface area contributed by atoms with Crippen LogP contribution in [0, 0.1) is 0 Å². The van der Waals surface area contributed by atoms with E-state index in [9.17, 15) is 9.59 Å². The number of nitrogens with two attached hydrogens (primary N) is 1. The summed E-state index contributed by atoms with van der Waals surface area (Å²) >= 11 is 0. The third-order valence-electron chi connectivity index (χ3n) is 8.89. The minimum Gasteiger partial charge on any atom is -0.323 e. The number of amides is 3. The summed E-state index contributed by atoms with van der Waals surface area (Å²) in [5, 5.41) is 8.78. The van der Waals surface area contributed by atoms with Crippen molar-refractivity contribution in [2.45, 2.75) is 116 Å². The number of carbonyl (C=O) groups is 2. The van der Waals surface area contributed by atoms with Gasteiger partial charge in [0.15, 0.2) is 0 Å². The summed E-state index contributed by atoms with van der Waals surface area (Å²) < 4.78 is 0. The van der Waals surface area contributed by atoms with Crippen molar-refractivity contribution < 1.29 is 9.59 Å². The van der Waals surface area contributed by atoms with E-state index in [-0.39, 0.29) is 33.6 Å². The van der Waals surface area contributed by atoms with Crippen LogP contribution < -0.4 is 21.7 Å². The van der Waals surface area contributed by atoms with E-state index in [2.05, 4.69) is 77.4 Å². The van der Waals surface area contributed by atoms with Gasteiger partial charge < -0.3 is 21.7 Å². The Balaban J connectivity index is 1.80. The molecular formula is C32H46N4O2. The first-order valence-corrected chi connectivity index (χ1v) is 13.9. The van der Waals surface area contributed by atoms with Gasteiger partial charge in [-0.2, -0.15) is 0 Å². The largest absolute Gasteiger partial charge is 0.323 e. The van der Waals surface area contributed by atoms with Crippen LogP contribution in [0.1, 0.15) is 121 Å². The molecule has 2 aromatic carbocycles. The SMILES string of the molecule is CC(N)NC(=O)Nc1ccc(C(=O)Nc2c3c(cc4c2C(C)(C)CCC4(C)C)C(C)(C)CCC3(C)C)cc1. The standard InChI is InChI=1S/C32H46N4O2/c1-19(33)34-28(38)35-21-12-10-20(11-13-21)27(37)36-26-24-22(29(2,3)14-16-31(24,6)7)18-23-25(26)32(8,9)17-15-30(23,4)5/h10-13,18-19H,14-17,33H2,1-9H3,(H,36,37)(H2,34,35,38). The van der Waals surface area contributed by atoms with E-state index in [0.717, 1.165) is 31.4 Å². The smallest absolute Gasteiger partial charge is 0.320 e. The van der Waals surface area contributed by atoms with Gasteiger partial charge in [0.05, 0.1) is 6.17 Å². The lowest BCUT2D eigenvalue weighted by atomic mass is 9.56. The Bertz CT molecular complexity index is 1200. The normalized spacial score (nSPS) is 20.9. The number of urea groups is 1. The van der Waals surface area contributed by atoms with E-state index in [0.29, 0.717) is 11.3 Å². The van der Waals surface area contributed by atoms with Crippen molar-refractivity contribution in [1.82, 2.24) is 5.32 Å². The van der Waals surface area contributed by atoms with Gasteiger partial charge in [0.2, 0.25) is 0 Å². The highest BCUT2D eigenvalue weighted by molar-refractivity contribution is 6.06. The molecule has 1 unspecified atom stereocenters. The fraction of sp³-hybridized carbons (Fsp3) is 0.562. The summed E-state index contributed by atoms with van der Waals surface area (Å²) in [6.45, 7) is 20.3. The van der Waals surface area contributed by atoms with Crippen LogP contribution in [0.25, 0.3) is 0 Å². The van der Waals surface area contributed by atoms with Gasteiger partial charge in [-0.25, -0.2) is 4.79 Å². The van der Waals surface area contributed by atoms with E-state index in [1.165, 1.54) is 22.3 Å². The third kappa shape index (κ3) is 5.20. The molecule has 0 fully saturated rings. The molecule has 4 rings (SSSR count). The zero-order chi connectivity index (χ0) is 28.3. The lowest BCUT2D eigenvalue weighted by molar-refractivity contribution is 0.102. The van der Waals surface area contributed by atoms with Gasteiger partial charge in [-0.15, -0.1) is 0 Å². The molecule has 2 aliphatic carbocycles. The number of fused-ring (bicyclic) bond motifs is 2. The van der Waals surface area contributed by atoms with Gasteiger partial charge in [-0.1, -0.05) is 61.5 Å². The van der Waals surface area contributed by atoms with Crippen molar-refractivity contribution in [3.63, 3.8) is 0 Å². The zero-order valence-corrected chi connectivity index (χ0v) is 24.7. The van der Waals surface area contributed by atoms with Crippen molar-refractivity contribution in [1.29, 1.82) is 0 Å². The van der Waals surface area contributed by atoms with E-state index in [4.69, 9.17) is 5.73 Å². The summed E-state index contributed by atoms with van der Waals surface area (Å²) in [6.07, 6.45) is 3.93. The molecule has 5 N–H and O–H groups in total. The highest BCUT2D eigenvalue weighted by Crippen LogP contribution is 2.56. The molecule has 38 heavy (non-hydrogen) atoms. The topological polar surface area (TPSA) is 96.2 Å². The Morgan fingerprint density at radius 3 is 1.63 bits per heavy atom. The second kappa shape index (κ2) is 9.41. The quantitative estimate of drug-likeness (QED) is 0.326. The maximum atomic E-state index is 13.8. The van der Waals surface area contributed by atoms with Crippen molar-refractivity contribution in [2.75, 3.05) is 10.6 Å². The third-order valence-corrected chi connectivity index (χ3v) is 8.89. The predicted molar refractivity (Wildman–Crippen MR) is 157 cm³/mol. The molecule has 6 nitrogen and oxygen atoms in total. The number of hydrogen-bond donors (Lipinski definition) is 4. The van der Waals surface area contributed by atoms with Crippen LogP contribution in [0.15, 0.2) is 30.3 Å². The van der Waals surface area contributed by atoms with Gasteiger partial charge in [0.25, 0.3) is 5.91 Å². The monoisotopic (exact) mass is 518 g/mol. The number of benzene rings is 2. The average molecular weight is 519 g/mol. The maximum Gasteiger partial charge on any atom is 0.320 e. The van der Waals surface area contributed by atoms with E-state index >= 15 is 0 Å². The van der Waals surface area contributed by atoms with Crippen LogP contribution in [-0.4, -0.2) is 18.1 Å². The molecule has 0 spiro atoms. The van der Waals surface area contributed by atoms with Crippen LogP contribution in [-0.2, 0) is 21.7 Å². The van der Waals surface area contributed by atoms with Gasteiger partial charge in [0.1, 0.15) is 0 Å². The molecule has 3 amide bonds. The van der Waals surface area contributed by atoms with Gasteiger partial charge in [-0.3, -0.25) is 4.79 Å². The summed E-state index contributed by atoms with van der Waals surface area (Å²) in [5.41, 5.74) is 13.1. The first-order chi connectivity index (χ1) is 17.4. The molecule has 6 heteroatoms. The van der Waals surface area contributed by atoms with Crippen molar-refractivity contribution in [3.05, 3.63) is 58.1 Å². The molecule has 0 heterocycles. The van der Waals surface area contributed by atoms with Crippen LogP contribution in [0.5, 0.6) is 0 Å². The molecule has 1 atom stereocenters. The van der Waals surface area contributed by atoms with E-state index in [1.807, 2.05) is 0 Å². The average Bonchev–Trinajstić information content (AvgIpc) is 2.79. The van der Waals surface area contributed by atoms with Crippen LogP contribution in [0.3, 0.4) is 0 Å². The minimum atomic E-state index is -0.453. The molecular weight excluding hydrogens is 472 g/mol. The van der Waals surface area contributed by atoms with Crippen molar-refractivity contribution in [2.24, 2.45) is 5.73 Å². The molecule has 0 radical (unpaired) electrons. The fourth-order valence-corrected chi connectivity index (χ4v) is 6.32. The summed E-state index contributed by atoms with van der Waals surface area (Å²) in [7, 11) is 0. The van der Waals surface area contributed by atoms with Crippen LogP contribution in [0.2, 0.25) is 0 Å². The Morgan fingerprint density at radius 2 is 1.18 bits per heavy atom. The van der Waals surface area contributed by atoms with E-state index < -0.39 is 6.17 Å². The fourth-order valence-electron chi connectivity index (χ4n) is 6.32. The molecule has 0 saturated heterocycles. The molecule has 0 aromatic heterocycles. The van der Waals surface area contributed by atoms with E-state index in [1.54, 1.807) is 31.2 Å². The molecule has 0 aliphatic heterocycles. The molecule has 2 aliphatic rings. The van der Waals surface area contributed by atoms with Crippen molar-refractivity contribution in [3.8, 4) is 0 Å². The maximum absolute atomic E-state index is 13.8. The Hall–Kier alpha value is -2.86. The number of hydrogen-bond acceptors (Lipinski definition) is 3. The second-order valence-electron chi connectivity index (χ2n) is 14.1. The summed E-state index contributed by atoms with van der Waals surface area (Å²) in [5.74, 6) is -0.134. The summed E-state index contributed by atoms with van der Waals surface area (Å²) in [6, 6.07) is 9.09. The minimum absolute atomic E-state index is 0.0337. The van der Waals surface area contributed by atoms with Crippen molar-refractivity contribution >= 4 is 23.3 Å². The van der Waals surface area contributed by atoms with Crippen LogP contribution >= 0.6 is 0 Å². The lowest BCUT2D eigenvalue weighted by Gasteiger charge is -2.49. The lowest BCUT2D eigenvalue weighted by Crippen LogP contribution is -2.41. The highest BCUT2D eigenvalue weighted by atomic mass is 16.2. The van der Waals surface area contributed by atoms with Gasteiger partial charge >= 0.3 is 6.03 Å². The van der Waals surface area contributed by atoms with Gasteiger partial charge in [0, 0.05) is 16.9 Å². The first kappa shape index (κ1) is 28.2. The Kier molecular flexibility index (Phi) is 6.97. The number of carbonyl (C=O) groups excluding carboxylic acids is 2. The molecule has 0 saturated carbocycles. The molecule has 0 bridgehead atoms. The number of nitrogens with one attached hydrogen (secondary N) is 3. The van der Waals surface area contributed by atoms with Gasteiger partial charge in [-0.05, 0) is 101 Å². The second-order valence-corrected chi connectivity index (χ2v) is 14.1. The summed E-state index contributed by atoms with van der Waals surface area (Å²) in [4.78, 5) is 25.8. The Labute approximate surface area is 228 Å². The number of rotatable bonds is 4. The zero-order valence-electron chi connectivity index (χ0n) is 24.7. The first-order valence-electron chi connectivity index (χ1n) is 13.9.